The molecule has 0 aromatic heterocycles. The number of hydrogen-bond donors (Lipinski definition) is 1. The lowest BCUT2D eigenvalue weighted by Crippen LogP contribution is -2.46. The second kappa shape index (κ2) is 7.95. The molecule has 0 aliphatic carbocycles. The van der Waals surface area contributed by atoms with Crippen molar-refractivity contribution >= 4 is 17.5 Å². The van der Waals surface area contributed by atoms with Crippen LogP contribution in [0.5, 0.6) is 5.75 Å². The summed E-state index contributed by atoms with van der Waals surface area (Å²) < 4.78 is 32.3. The topological polar surface area (TPSA) is 58.6 Å². The maximum atomic E-state index is 13.6. The van der Waals surface area contributed by atoms with Crippen LogP contribution in [0.15, 0.2) is 48.5 Å². The predicted octanol–water partition coefficient (Wildman–Crippen LogP) is 2.97. The highest BCUT2D eigenvalue weighted by Crippen LogP contribution is 2.19. The highest BCUT2D eigenvalue weighted by molar-refractivity contribution is 6.39. The van der Waals surface area contributed by atoms with E-state index in [0.717, 1.165) is 17.9 Å². The molecule has 1 heterocycles. The Balaban J connectivity index is 1.52. The van der Waals surface area contributed by atoms with Crippen molar-refractivity contribution in [1.82, 2.24) is 4.90 Å². The SMILES string of the molecule is O=C(Nc1ccc(F)cc1F)C(=O)N1CCC(Oc2ccccc2)CC1. The molecule has 1 fully saturated rings. The van der Waals surface area contributed by atoms with Gasteiger partial charge in [-0.1, -0.05) is 18.2 Å². The number of carbonyl (C=O) groups is 2. The fourth-order valence-corrected chi connectivity index (χ4v) is 2.78. The quantitative estimate of drug-likeness (QED) is 0.856. The molecule has 3 rings (SSSR count). The highest BCUT2D eigenvalue weighted by atomic mass is 19.1. The van der Waals surface area contributed by atoms with Crippen LogP contribution in [-0.4, -0.2) is 35.9 Å². The Morgan fingerprint density at radius 2 is 1.73 bits per heavy atom. The number of para-hydroxylation sites is 1. The minimum Gasteiger partial charge on any atom is -0.490 e. The second-order valence-electron chi connectivity index (χ2n) is 6.00. The first-order valence-corrected chi connectivity index (χ1v) is 8.30. The van der Waals surface area contributed by atoms with Crippen molar-refractivity contribution in [3.05, 3.63) is 60.2 Å². The van der Waals surface area contributed by atoms with E-state index in [4.69, 9.17) is 4.74 Å². The van der Waals surface area contributed by atoms with Gasteiger partial charge in [-0.2, -0.15) is 0 Å². The molecule has 0 atom stereocenters. The Hall–Kier alpha value is -2.96. The van der Waals surface area contributed by atoms with Gasteiger partial charge in [-0.15, -0.1) is 0 Å². The molecule has 2 aromatic rings. The smallest absolute Gasteiger partial charge is 0.313 e. The first-order chi connectivity index (χ1) is 12.5. The van der Waals surface area contributed by atoms with Crippen molar-refractivity contribution in [3.63, 3.8) is 0 Å². The number of carbonyl (C=O) groups excluding carboxylic acids is 2. The molecule has 2 amide bonds. The van der Waals surface area contributed by atoms with Crippen LogP contribution >= 0.6 is 0 Å². The zero-order valence-electron chi connectivity index (χ0n) is 14.0. The summed E-state index contributed by atoms with van der Waals surface area (Å²) in [6, 6.07) is 12.1. The highest BCUT2D eigenvalue weighted by Gasteiger charge is 2.28. The van der Waals surface area contributed by atoms with Gasteiger partial charge in [0.15, 0.2) is 0 Å². The summed E-state index contributed by atoms with van der Waals surface area (Å²) in [4.78, 5) is 25.7. The number of nitrogens with one attached hydrogen (secondary N) is 1. The Morgan fingerprint density at radius 1 is 1.04 bits per heavy atom. The predicted molar refractivity (Wildman–Crippen MR) is 91.7 cm³/mol. The summed E-state index contributed by atoms with van der Waals surface area (Å²) in [7, 11) is 0. The summed E-state index contributed by atoms with van der Waals surface area (Å²) in [6.45, 7) is 0.741. The lowest BCUT2D eigenvalue weighted by Gasteiger charge is -2.31. The minimum atomic E-state index is -0.946. The average molecular weight is 360 g/mol. The van der Waals surface area contributed by atoms with Crippen molar-refractivity contribution in [2.45, 2.75) is 18.9 Å². The molecule has 1 N–H and O–H groups in total. The van der Waals surface area contributed by atoms with Crippen molar-refractivity contribution in [2.75, 3.05) is 18.4 Å². The van der Waals surface area contributed by atoms with Crippen LogP contribution in [0.2, 0.25) is 0 Å². The second-order valence-corrected chi connectivity index (χ2v) is 6.00. The Bertz CT molecular complexity index is 791. The molecule has 1 saturated heterocycles. The molecule has 5 nitrogen and oxygen atoms in total. The van der Waals surface area contributed by atoms with Gasteiger partial charge in [0.1, 0.15) is 23.5 Å². The number of piperidine rings is 1. The van der Waals surface area contributed by atoms with Crippen molar-refractivity contribution < 1.29 is 23.1 Å². The van der Waals surface area contributed by atoms with E-state index in [0.29, 0.717) is 32.0 Å². The minimum absolute atomic E-state index is 0.0287. The maximum Gasteiger partial charge on any atom is 0.313 e. The normalized spacial score (nSPS) is 14.8. The van der Waals surface area contributed by atoms with E-state index in [1.54, 1.807) is 0 Å². The molecule has 26 heavy (non-hydrogen) atoms. The molecular formula is C19H18F2N2O3. The van der Waals surface area contributed by atoms with Gasteiger partial charge in [0.05, 0.1) is 5.69 Å². The Kier molecular flexibility index (Phi) is 5.46. The summed E-state index contributed by atoms with van der Waals surface area (Å²) >= 11 is 0. The maximum absolute atomic E-state index is 13.6. The molecule has 0 spiro atoms. The van der Waals surface area contributed by atoms with Gasteiger partial charge in [0, 0.05) is 32.0 Å². The molecule has 0 bridgehead atoms. The molecule has 7 heteroatoms. The molecule has 1 aliphatic rings. The lowest BCUT2D eigenvalue weighted by atomic mass is 10.1. The number of nitrogens with zero attached hydrogens (tertiary/aromatic N) is 1. The van der Waals surface area contributed by atoms with Crippen molar-refractivity contribution in [1.29, 1.82) is 0 Å². The molecule has 0 radical (unpaired) electrons. The van der Waals surface area contributed by atoms with E-state index in [9.17, 15) is 18.4 Å². The van der Waals surface area contributed by atoms with Crippen LogP contribution in [0.3, 0.4) is 0 Å². The van der Waals surface area contributed by atoms with Gasteiger partial charge in [-0.3, -0.25) is 9.59 Å². The molecule has 136 valence electrons. The standard InChI is InChI=1S/C19H18F2N2O3/c20-13-6-7-17(16(21)12-13)22-18(24)19(25)23-10-8-15(9-11-23)26-14-4-2-1-3-5-14/h1-7,12,15H,8-11H2,(H,22,24). The van der Waals surface area contributed by atoms with Crippen LogP contribution in [0.4, 0.5) is 14.5 Å². The number of anilines is 1. The number of amides is 2. The van der Waals surface area contributed by atoms with Gasteiger partial charge in [-0.25, -0.2) is 8.78 Å². The fourth-order valence-electron chi connectivity index (χ4n) is 2.78. The first-order valence-electron chi connectivity index (χ1n) is 8.30. The number of halogens is 2. The van der Waals surface area contributed by atoms with Crippen LogP contribution in [0.1, 0.15) is 12.8 Å². The third kappa shape index (κ3) is 4.36. The largest absolute Gasteiger partial charge is 0.490 e. The van der Waals surface area contributed by atoms with E-state index in [2.05, 4.69) is 5.32 Å². The Labute approximate surface area is 149 Å². The summed E-state index contributed by atoms with van der Waals surface area (Å²) in [5.41, 5.74) is -0.230. The van der Waals surface area contributed by atoms with E-state index in [1.807, 2.05) is 30.3 Å². The third-order valence-corrected chi connectivity index (χ3v) is 4.15. The van der Waals surface area contributed by atoms with E-state index in [-0.39, 0.29) is 11.8 Å². The summed E-state index contributed by atoms with van der Waals surface area (Å²) in [6.07, 6.45) is 1.16. The van der Waals surface area contributed by atoms with E-state index in [1.165, 1.54) is 4.90 Å². The van der Waals surface area contributed by atoms with Crippen LogP contribution < -0.4 is 10.1 Å². The van der Waals surface area contributed by atoms with Gasteiger partial charge in [0.2, 0.25) is 0 Å². The monoisotopic (exact) mass is 360 g/mol. The fraction of sp³-hybridized carbons (Fsp3) is 0.263. The van der Waals surface area contributed by atoms with Gasteiger partial charge in [0.25, 0.3) is 0 Å². The number of ether oxygens (including phenoxy) is 1. The number of rotatable bonds is 3. The number of likely N-dealkylation sites (tertiary alicyclic amines) is 1. The third-order valence-electron chi connectivity index (χ3n) is 4.15. The summed E-state index contributed by atoms with van der Waals surface area (Å²) in [5, 5.41) is 2.18. The van der Waals surface area contributed by atoms with E-state index < -0.39 is 23.4 Å². The van der Waals surface area contributed by atoms with Gasteiger partial charge >= 0.3 is 11.8 Å². The zero-order chi connectivity index (χ0) is 18.5. The molecule has 2 aromatic carbocycles. The Morgan fingerprint density at radius 3 is 2.38 bits per heavy atom. The molecule has 0 unspecified atom stereocenters. The lowest BCUT2D eigenvalue weighted by molar-refractivity contribution is -0.144. The van der Waals surface area contributed by atoms with E-state index >= 15 is 0 Å². The summed E-state index contributed by atoms with van der Waals surface area (Å²) in [5.74, 6) is -2.61. The van der Waals surface area contributed by atoms with Crippen LogP contribution in [0.25, 0.3) is 0 Å². The van der Waals surface area contributed by atoms with Crippen LogP contribution in [0, 0.1) is 11.6 Å². The van der Waals surface area contributed by atoms with Gasteiger partial charge in [-0.05, 0) is 24.3 Å². The zero-order valence-corrected chi connectivity index (χ0v) is 14.0. The molecular weight excluding hydrogens is 342 g/mol. The van der Waals surface area contributed by atoms with Crippen LogP contribution in [-0.2, 0) is 9.59 Å². The van der Waals surface area contributed by atoms with Crippen molar-refractivity contribution in [2.24, 2.45) is 0 Å². The first kappa shape index (κ1) is 17.8. The molecule has 1 aliphatic heterocycles. The number of hydrogen-bond acceptors (Lipinski definition) is 3. The number of benzene rings is 2. The van der Waals surface area contributed by atoms with Crippen molar-refractivity contribution in [3.8, 4) is 5.75 Å². The van der Waals surface area contributed by atoms with Gasteiger partial charge < -0.3 is 15.0 Å². The molecule has 0 saturated carbocycles. The average Bonchev–Trinajstić information content (AvgIpc) is 2.65.